The smallest absolute Gasteiger partial charge is 0.144 e. The quantitative estimate of drug-likeness (QED) is 0.689. The van der Waals surface area contributed by atoms with Crippen molar-refractivity contribution in [2.45, 2.75) is 6.92 Å². The molecule has 0 saturated carbocycles. The summed E-state index contributed by atoms with van der Waals surface area (Å²) >= 11 is 0. The first kappa shape index (κ1) is 9.90. The van der Waals surface area contributed by atoms with E-state index in [1.165, 1.54) is 5.56 Å². The van der Waals surface area contributed by atoms with E-state index in [2.05, 4.69) is 36.2 Å². The van der Waals surface area contributed by atoms with Crippen LogP contribution in [0.3, 0.4) is 0 Å². The van der Waals surface area contributed by atoms with E-state index >= 15 is 0 Å². The first-order chi connectivity index (χ1) is 8.25. The van der Waals surface area contributed by atoms with Crippen LogP contribution in [0, 0.1) is 6.92 Å². The van der Waals surface area contributed by atoms with Gasteiger partial charge < -0.3 is 5.73 Å². The third kappa shape index (κ3) is 1.56. The molecule has 17 heavy (non-hydrogen) atoms. The number of hydrogen-bond acceptors (Lipinski definition) is 2. The Bertz CT molecular complexity index is 666. The van der Waals surface area contributed by atoms with Crippen molar-refractivity contribution in [3.05, 3.63) is 54.4 Å². The van der Waals surface area contributed by atoms with Crippen molar-refractivity contribution in [2.75, 3.05) is 5.73 Å². The average Bonchev–Trinajstić information content (AvgIpc) is 2.75. The van der Waals surface area contributed by atoms with Gasteiger partial charge in [0.05, 0.1) is 17.4 Å². The zero-order valence-electron chi connectivity index (χ0n) is 9.59. The van der Waals surface area contributed by atoms with Crippen LogP contribution in [0.25, 0.3) is 16.9 Å². The first-order valence-corrected chi connectivity index (χ1v) is 5.54. The first-order valence-electron chi connectivity index (χ1n) is 5.54. The second kappa shape index (κ2) is 3.63. The Kier molecular flexibility index (Phi) is 2.11. The minimum atomic E-state index is 0.748. The second-order valence-electron chi connectivity index (χ2n) is 4.17. The van der Waals surface area contributed by atoms with Crippen molar-refractivity contribution < 1.29 is 0 Å². The van der Waals surface area contributed by atoms with E-state index in [0.29, 0.717) is 0 Å². The molecule has 3 heteroatoms. The molecule has 3 nitrogen and oxygen atoms in total. The highest BCUT2D eigenvalue weighted by Crippen LogP contribution is 2.22. The topological polar surface area (TPSA) is 43.3 Å². The highest BCUT2D eigenvalue weighted by molar-refractivity contribution is 5.73. The Morgan fingerprint density at radius 1 is 1.12 bits per heavy atom. The van der Waals surface area contributed by atoms with Gasteiger partial charge in [-0.2, -0.15) is 0 Å². The number of nitrogens with two attached hydrogens (primary N) is 1. The molecule has 0 fully saturated rings. The van der Waals surface area contributed by atoms with E-state index in [1.54, 1.807) is 0 Å². The lowest BCUT2D eigenvalue weighted by molar-refractivity contribution is 1.16. The van der Waals surface area contributed by atoms with Gasteiger partial charge in [-0.25, -0.2) is 4.98 Å². The molecule has 2 heterocycles. The fraction of sp³-hybridized carbons (Fsp3) is 0.0714. The zero-order valence-corrected chi connectivity index (χ0v) is 9.59. The number of pyridine rings is 1. The fourth-order valence-electron chi connectivity index (χ4n) is 1.96. The molecule has 2 N–H and O–H groups in total. The Labute approximate surface area is 99.5 Å². The van der Waals surface area contributed by atoms with Crippen LogP contribution in [-0.4, -0.2) is 9.38 Å². The maximum atomic E-state index is 5.91. The number of rotatable bonds is 1. The summed E-state index contributed by atoms with van der Waals surface area (Å²) in [7, 11) is 0. The standard InChI is InChI=1S/C14H13N3/c1-10-4-6-11(7-5-10)14-16-9-13-12(15)3-2-8-17(13)14/h2-9H,15H2,1H3. The summed E-state index contributed by atoms with van der Waals surface area (Å²) < 4.78 is 2.01. The molecule has 3 aromatic rings. The van der Waals surface area contributed by atoms with Crippen molar-refractivity contribution in [1.29, 1.82) is 0 Å². The SMILES string of the molecule is Cc1ccc(-c2ncc3c(N)cccn23)cc1. The largest absolute Gasteiger partial charge is 0.397 e. The summed E-state index contributed by atoms with van der Waals surface area (Å²) in [5.74, 6) is 0.923. The number of nitrogens with zero attached hydrogens (tertiary/aromatic N) is 2. The van der Waals surface area contributed by atoms with Crippen molar-refractivity contribution >= 4 is 11.2 Å². The van der Waals surface area contributed by atoms with Crippen molar-refractivity contribution in [3.63, 3.8) is 0 Å². The Balaban J connectivity index is 2.24. The van der Waals surface area contributed by atoms with E-state index in [1.807, 2.05) is 28.9 Å². The van der Waals surface area contributed by atoms with Crippen LogP contribution < -0.4 is 5.73 Å². The van der Waals surface area contributed by atoms with Crippen LogP contribution in [-0.2, 0) is 0 Å². The Morgan fingerprint density at radius 3 is 2.65 bits per heavy atom. The number of benzene rings is 1. The molecule has 1 aromatic carbocycles. The number of imidazole rings is 1. The molecule has 0 aliphatic rings. The van der Waals surface area contributed by atoms with Crippen LogP contribution in [0.1, 0.15) is 5.56 Å². The van der Waals surface area contributed by atoms with Gasteiger partial charge in [-0.15, -0.1) is 0 Å². The predicted octanol–water partition coefficient (Wildman–Crippen LogP) is 2.89. The number of fused-ring (bicyclic) bond motifs is 1. The Morgan fingerprint density at radius 2 is 1.88 bits per heavy atom. The normalized spacial score (nSPS) is 10.9. The van der Waals surface area contributed by atoms with Crippen molar-refractivity contribution in [3.8, 4) is 11.4 Å². The summed E-state index contributed by atoms with van der Waals surface area (Å²) in [6.07, 6.45) is 3.79. The number of hydrogen-bond donors (Lipinski definition) is 1. The fourth-order valence-corrected chi connectivity index (χ4v) is 1.96. The molecule has 2 aromatic heterocycles. The maximum Gasteiger partial charge on any atom is 0.144 e. The van der Waals surface area contributed by atoms with Crippen LogP contribution in [0.4, 0.5) is 5.69 Å². The maximum absolute atomic E-state index is 5.91. The molecule has 0 amide bonds. The lowest BCUT2D eigenvalue weighted by atomic mass is 10.1. The van der Waals surface area contributed by atoms with E-state index in [-0.39, 0.29) is 0 Å². The number of nitrogen functional groups attached to an aromatic ring is 1. The van der Waals surface area contributed by atoms with Gasteiger partial charge in [0.1, 0.15) is 5.82 Å². The number of aryl methyl sites for hydroxylation is 1. The minimum Gasteiger partial charge on any atom is -0.397 e. The van der Waals surface area contributed by atoms with Gasteiger partial charge in [-0.05, 0) is 19.1 Å². The van der Waals surface area contributed by atoms with Crippen LogP contribution in [0.5, 0.6) is 0 Å². The third-order valence-corrected chi connectivity index (χ3v) is 2.91. The van der Waals surface area contributed by atoms with E-state index < -0.39 is 0 Å². The van der Waals surface area contributed by atoms with Crippen molar-refractivity contribution in [1.82, 2.24) is 9.38 Å². The lowest BCUT2D eigenvalue weighted by Gasteiger charge is -2.03. The van der Waals surface area contributed by atoms with E-state index in [0.717, 1.165) is 22.6 Å². The van der Waals surface area contributed by atoms with Crippen LogP contribution in [0.2, 0.25) is 0 Å². The molecule has 0 aliphatic carbocycles. The minimum absolute atomic E-state index is 0.748. The zero-order chi connectivity index (χ0) is 11.8. The second-order valence-corrected chi connectivity index (χ2v) is 4.17. The predicted molar refractivity (Wildman–Crippen MR) is 69.8 cm³/mol. The van der Waals surface area contributed by atoms with Gasteiger partial charge in [0.15, 0.2) is 0 Å². The van der Waals surface area contributed by atoms with Crippen LogP contribution >= 0.6 is 0 Å². The molecule has 0 unspecified atom stereocenters. The lowest BCUT2D eigenvalue weighted by Crippen LogP contribution is -1.92. The molecule has 0 bridgehead atoms. The monoisotopic (exact) mass is 223 g/mol. The summed E-state index contributed by atoms with van der Waals surface area (Å²) in [5.41, 5.74) is 9.95. The summed E-state index contributed by atoms with van der Waals surface area (Å²) in [6, 6.07) is 12.1. The Hall–Kier alpha value is -2.29. The molecule has 0 atom stereocenters. The molecule has 84 valence electrons. The molecule has 0 spiro atoms. The van der Waals surface area contributed by atoms with Gasteiger partial charge in [0, 0.05) is 11.8 Å². The molecular formula is C14H13N3. The summed E-state index contributed by atoms with van der Waals surface area (Å²) in [6.45, 7) is 2.07. The highest BCUT2D eigenvalue weighted by atomic mass is 15.0. The van der Waals surface area contributed by atoms with Gasteiger partial charge in [-0.1, -0.05) is 29.8 Å². The molecule has 0 radical (unpaired) electrons. The average molecular weight is 223 g/mol. The van der Waals surface area contributed by atoms with Gasteiger partial charge >= 0.3 is 0 Å². The van der Waals surface area contributed by atoms with Crippen molar-refractivity contribution in [2.24, 2.45) is 0 Å². The highest BCUT2D eigenvalue weighted by Gasteiger charge is 2.07. The molecule has 3 rings (SSSR count). The summed E-state index contributed by atoms with van der Waals surface area (Å²) in [4.78, 5) is 4.44. The molecular weight excluding hydrogens is 210 g/mol. The number of anilines is 1. The van der Waals surface area contributed by atoms with Gasteiger partial charge in [0.2, 0.25) is 0 Å². The number of aromatic nitrogens is 2. The van der Waals surface area contributed by atoms with E-state index in [4.69, 9.17) is 5.73 Å². The van der Waals surface area contributed by atoms with Gasteiger partial charge in [-0.3, -0.25) is 4.40 Å². The summed E-state index contributed by atoms with van der Waals surface area (Å²) in [5, 5.41) is 0. The molecule has 0 saturated heterocycles. The molecule has 0 aliphatic heterocycles. The van der Waals surface area contributed by atoms with Gasteiger partial charge in [0.25, 0.3) is 0 Å². The van der Waals surface area contributed by atoms with E-state index in [9.17, 15) is 0 Å². The van der Waals surface area contributed by atoms with Crippen LogP contribution in [0.15, 0.2) is 48.8 Å². The third-order valence-electron chi connectivity index (χ3n) is 2.91.